The number of ether oxygens (including phenoxy) is 1. The molecule has 0 bridgehead atoms. The Morgan fingerprint density at radius 2 is 1.90 bits per heavy atom. The monoisotopic (exact) mass is 277 g/mol. The molecule has 0 aromatic heterocycles. The maximum absolute atomic E-state index is 13.5. The van der Waals surface area contributed by atoms with Gasteiger partial charge >= 0.3 is 0 Å². The van der Waals surface area contributed by atoms with E-state index in [1.165, 1.54) is 25.3 Å². The van der Waals surface area contributed by atoms with E-state index in [1.807, 2.05) is 12.1 Å². The molecule has 2 nitrogen and oxygen atoms in total. The molecule has 0 amide bonds. The van der Waals surface area contributed by atoms with Gasteiger partial charge in [-0.3, -0.25) is 0 Å². The summed E-state index contributed by atoms with van der Waals surface area (Å²) in [6.07, 6.45) is 0.733. The van der Waals surface area contributed by atoms with Gasteiger partial charge in [-0.2, -0.15) is 0 Å². The molecular formula is C16H17F2NO. The molecule has 0 saturated heterocycles. The van der Waals surface area contributed by atoms with Crippen LogP contribution >= 0.6 is 0 Å². The number of hydrogen-bond acceptors (Lipinski definition) is 2. The van der Waals surface area contributed by atoms with Gasteiger partial charge in [-0.05, 0) is 48.4 Å². The highest BCUT2D eigenvalue weighted by Crippen LogP contribution is 2.17. The topological polar surface area (TPSA) is 21.3 Å². The molecule has 0 spiro atoms. The molecule has 106 valence electrons. The van der Waals surface area contributed by atoms with Crippen LogP contribution in [0.4, 0.5) is 8.78 Å². The molecule has 2 rings (SSSR count). The second-order valence-electron chi connectivity index (χ2n) is 4.53. The number of rotatable bonds is 6. The van der Waals surface area contributed by atoms with Crippen LogP contribution in [0.3, 0.4) is 0 Å². The third-order valence-corrected chi connectivity index (χ3v) is 3.02. The molecule has 1 N–H and O–H groups in total. The first kappa shape index (κ1) is 14.5. The Hall–Kier alpha value is -1.94. The van der Waals surface area contributed by atoms with Crippen molar-refractivity contribution < 1.29 is 13.5 Å². The highest BCUT2D eigenvalue weighted by atomic mass is 19.1. The van der Waals surface area contributed by atoms with Gasteiger partial charge < -0.3 is 10.1 Å². The minimum absolute atomic E-state index is 0.222. The predicted octanol–water partition coefficient (Wildman–Crippen LogP) is 3.31. The third kappa shape index (κ3) is 4.03. The van der Waals surface area contributed by atoms with E-state index < -0.39 is 0 Å². The lowest BCUT2D eigenvalue weighted by Crippen LogP contribution is -2.16. The first-order valence-electron chi connectivity index (χ1n) is 6.46. The summed E-state index contributed by atoms with van der Waals surface area (Å²) in [5, 5.41) is 3.20. The molecule has 0 aliphatic carbocycles. The van der Waals surface area contributed by atoms with Crippen molar-refractivity contribution in [1.29, 1.82) is 0 Å². The van der Waals surface area contributed by atoms with E-state index in [9.17, 15) is 8.78 Å². The summed E-state index contributed by atoms with van der Waals surface area (Å²) in [6.45, 7) is 1.27. The highest BCUT2D eigenvalue weighted by Gasteiger charge is 2.03. The van der Waals surface area contributed by atoms with Crippen LogP contribution in [0.2, 0.25) is 0 Å². The number of nitrogens with one attached hydrogen (secondary N) is 1. The van der Waals surface area contributed by atoms with Crippen LogP contribution in [0.1, 0.15) is 11.1 Å². The molecule has 0 unspecified atom stereocenters. The van der Waals surface area contributed by atoms with Crippen molar-refractivity contribution >= 4 is 0 Å². The zero-order chi connectivity index (χ0) is 14.4. The van der Waals surface area contributed by atoms with Crippen LogP contribution in [0.15, 0.2) is 42.5 Å². The van der Waals surface area contributed by atoms with Crippen molar-refractivity contribution in [2.75, 3.05) is 13.7 Å². The summed E-state index contributed by atoms with van der Waals surface area (Å²) in [7, 11) is 1.44. The largest absolute Gasteiger partial charge is 0.494 e. The fourth-order valence-corrected chi connectivity index (χ4v) is 1.98. The third-order valence-electron chi connectivity index (χ3n) is 3.02. The van der Waals surface area contributed by atoms with Gasteiger partial charge in [0.25, 0.3) is 0 Å². The van der Waals surface area contributed by atoms with Crippen LogP contribution in [-0.4, -0.2) is 13.7 Å². The predicted molar refractivity (Wildman–Crippen MR) is 74.8 cm³/mol. The number of halogens is 2. The summed E-state index contributed by atoms with van der Waals surface area (Å²) in [6, 6.07) is 11.4. The first-order valence-corrected chi connectivity index (χ1v) is 6.46. The quantitative estimate of drug-likeness (QED) is 0.818. The van der Waals surface area contributed by atoms with Crippen LogP contribution in [0.5, 0.6) is 5.75 Å². The molecule has 0 heterocycles. The number of hydrogen-bond donors (Lipinski definition) is 1. The standard InChI is InChI=1S/C16H17F2NO/c1-20-16-6-5-13(10-15(16)18)11-19-8-7-12-3-2-4-14(17)9-12/h2-6,9-10,19H,7-8,11H2,1H3. The van der Waals surface area contributed by atoms with Crippen molar-refractivity contribution in [1.82, 2.24) is 5.32 Å². The maximum atomic E-state index is 13.5. The Kier molecular flexibility index (Phi) is 5.07. The fourth-order valence-electron chi connectivity index (χ4n) is 1.98. The summed E-state index contributed by atoms with van der Waals surface area (Å²) in [5.74, 6) is -0.342. The lowest BCUT2D eigenvalue weighted by Gasteiger charge is -2.07. The Morgan fingerprint density at radius 3 is 2.60 bits per heavy atom. The molecule has 20 heavy (non-hydrogen) atoms. The Labute approximate surface area is 117 Å². The van der Waals surface area contributed by atoms with Crippen molar-refractivity contribution in [3.63, 3.8) is 0 Å². The first-order chi connectivity index (χ1) is 9.69. The van der Waals surface area contributed by atoms with E-state index >= 15 is 0 Å². The average Bonchev–Trinajstić information content (AvgIpc) is 2.44. The van der Waals surface area contributed by atoms with Crippen LogP contribution in [0.25, 0.3) is 0 Å². The van der Waals surface area contributed by atoms with E-state index in [-0.39, 0.29) is 17.4 Å². The summed E-state index contributed by atoms with van der Waals surface area (Å²) < 4.78 is 31.3. The number of methoxy groups -OCH3 is 1. The van der Waals surface area contributed by atoms with Crippen molar-refractivity contribution in [3.05, 3.63) is 65.2 Å². The van der Waals surface area contributed by atoms with Crippen LogP contribution in [-0.2, 0) is 13.0 Å². The van der Waals surface area contributed by atoms with Gasteiger partial charge in [0.05, 0.1) is 7.11 Å². The molecular weight excluding hydrogens is 260 g/mol. The smallest absolute Gasteiger partial charge is 0.165 e. The molecule has 2 aromatic rings. The minimum Gasteiger partial charge on any atom is -0.494 e. The van der Waals surface area contributed by atoms with Gasteiger partial charge in [0, 0.05) is 6.54 Å². The zero-order valence-corrected chi connectivity index (χ0v) is 11.3. The minimum atomic E-state index is -0.364. The SMILES string of the molecule is COc1ccc(CNCCc2cccc(F)c2)cc1F. The molecule has 2 aromatic carbocycles. The van der Waals surface area contributed by atoms with Crippen molar-refractivity contribution in [2.45, 2.75) is 13.0 Å². The van der Waals surface area contributed by atoms with Crippen molar-refractivity contribution in [3.8, 4) is 5.75 Å². The molecule has 0 fully saturated rings. The normalized spacial score (nSPS) is 10.6. The fraction of sp³-hybridized carbons (Fsp3) is 0.250. The zero-order valence-electron chi connectivity index (χ0n) is 11.3. The van der Waals surface area contributed by atoms with Crippen LogP contribution < -0.4 is 10.1 Å². The van der Waals surface area contributed by atoms with Crippen molar-refractivity contribution in [2.24, 2.45) is 0 Å². The van der Waals surface area contributed by atoms with E-state index in [2.05, 4.69) is 5.32 Å². The van der Waals surface area contributed by atoms with Gasteiger partial charge in [0.2, 0.25) is 0 Å². The van der Waals surface area contributed by atoms with Gasteiger partial charge in [-0.15, -0.1) is 0 Å². The molecule has 0 aliphatic heterocycles. The number of benzene rings is 2. The molecule has 0 radical (unpaired) electrons. The highest BCUT2D eigenvalue weighted by molar-refractivity contribution is 5.29. The van der Waals surface area contributed by atoms with E-state index in [1.54, 1.807) is 12.1 Å². The molecule has 0 saturated carbocycles. The van der Waals surface area contributed by atoms with E-state index in [0.29, 0.717) is 13.1 Å². The Bertz CT molecular complexity index is 572. The van der Waals surface area contributed by atoms with Gasteiger partial charge in [-0.25, -0.2) is 8.78 Å². The summed E-state index contributed by atoms with van der Waals surface area (Å²) in [5.41, 5.74) is 1.79. The van der Waals surface area contributed by atoms with Gasteiger partial charge in [-0.1, -0.05) is 18.2 Å². The molecule has 0 atom stereocenters. The second kappa shape index (κ2) is 7.01. The summed E-state index contributed by atoms with van der Waals surface area (Å²) >= 11 is 0. The van der Waals surface area contributed by atoms with Gasteiger partial charge in [0.15, 0.2) is 11.6 Å². The Morgan fingerprint density at radius 1 is 1.05 bits per heavy atom. The van der Waals surface area contributed by atoms with E-state index in [0.717, 1.165) is 17.5 Å². The lowest BCUT2D eigenvalue weighted by atomic mass is 10.1. The lowest BCUT2D eigenvalue weighted by molar-refractivity contribution is 0.386. The summed E-state index contributed by atoms with van der Waals surface area (Å²) in [4.78, 5) is 0. The van der Waals surface area contributed by atoms with Gasteiger partial charge in [0.1, 0.15) is 5.82 Å². The second-order valence-corrected chi connectivity index (χ2v) is 4.53. The molecule has 0 aliphatic rings. The maximum Gasteiger partial charge on any atom is 0.165 e. The molecule has 4 heteroatoms. The van der Waals surface area contributed by atoms with E-state index in [4.69, 9.17) is 4.74 Å². The Balaban J connectivity index is 1.80. The van der Waals surface area contributed by atoms with Crippen LogP contribution in [0, 0.1) is 11.6 Å². The average molecular weight is 277 g/mol.